The van der Waals surface area contributed by atoms with Crippen LogP contribution in [0.5, 0.6) is 17.2 Å². The first-order valence-corrected chi connectivity index (χ1v) is 12.1. The van der Waals surface area contributed by atoms with E-state index in [1.165, 1.54) is 0 Å². The van der Waals surface area contributed by atoms with Crippen molar-refractivity contribution in [2.75, 3.05) is 40.3 Å². The predicted octanol–water partition coefficient (Wildman–Crippen LogP) is 5.48. The number of rotatable bonds is 9. The molecule has 0 bridgehead atoms. The largest absolute Gasteiger partial charge is 0.497 e. The molecule has 0 aliphatic heterocycles. The van der Waals surface area contributed by atoms with E-state index in [2.05, 4.69) is 0 Å². The molecule has 7 heteroatoms. The van der Waals surface area contributed by atoms with Gasteiger partial charge in [-0.05, 0) is 55.0 Å². The summed E-state index contributed by atoms with van der Waals surface area (Å²) in [5.74, 6) is 2.83. The summed E-state index contributed by atoms with van der Waals surface area (Å²) in [5.41, 5.74) is 4.35. The van der Waals surface area contributed by atoms with E-state index in [1.54, 1.807) is 21.3 Å². The minimum absolute atomic E-state index is 0.0572. The Hall–Kier alpha value is -4.26. The number of aryl methyl sites for hydroxylation is 1. The molecule has 3 aromatic carbocycles. The minimum atomic E-state index is -0.0572. The lowest BCUT2D eigenvalue weighted by atomic mass is 10.1. The van der Waals surface area contributed by atoms with Crippen molar-refractivity contribution in [1.82, 2.24) is 9.88 Å². The molecule has 0 fully saturated rings. The van der Waals surface area contributed by atoms with Crippen molar-refractivity contribution < 1.29 is 19.0 Å². The number of carbonyl (C=O) groups excluding carboxylic acids is 1. The van der Waals surface area contributed by atoms with Gasteiger partial charge in [-0.1, -0.05) is 29.8 Å². The van der Waals surface area contributed by atoms with Crippen LogP contribution in [0.4, 0.5) is 5.82 Å². The number of fused-ring (bicyclic) bond motifs is 1. The first-order valence-electron chi connectivity index (χ1n) is 12.1. The van der Waals surface area contributed by atoms with Crippen LogP contribution < -0.4 is 19.1 Å². The number of hydrogen-bond acceptors (Lipinski definition) is 6. The average molecular weight is 500 g/mol. The molecule has 1 amide bonds. The third-order valence-electron chi connectivity index (χ3n) is 6.31. The molecule has 0 aliphatic rings. The lowest BCUT2D eigenvalue weighted by Gasteiger charge is -2.26. The number of nitrogens with zero attached hydrogens (tertiary/aromatic N) is 3. The molecule has 0 N–H and O–H groups in total. The summed E-state index contributed by atoms with van der Waals surface area (Å²) < 4.78 is 16.5. The van der Waals surface area contributed by atoms with Gasteiger partial charge in [0, 0.05) is 43.7 Å². The Bertz CT molecular complexity index is 1380. The highest BCUT2D eigenvalue weighted by atomic mass is 16.5. The van der Waals surface area contributed by atoms with Gasteiger partial charge in [0.1, 0.15) is 28.6 Å². The van der Waals surface area contributed by atoms with Crippen LogP contribution >= 0.6 is 0 Å². The molecule has 0 unspecified atom stereocenters. The number of ether oxygens (including phenoxy) is 3. The van der Waals surface area contributed by atoms with E-state index in [0.29, 0.717) is 35.7 Å². The number of benzene rings is 3. The number of anilines is 1. The van der Waals surface area contributed by atoms with Gasteiger partial charge in [-0.3, -0.25) is 4.79 Å². The van der Waals surface area contributed by atoms with Crippen LogP contribution in [0.3, 0.4) is 0 Å². The minimum Gasteiger partial charge on any atom is -0.497 e. The van der Waals surface area contributed by atoms with Crippen LogP contribution in [-0.4, -0.2) is 51.2 Å². The summed E-state index contributed by atoms with van der Waals surface area (Å²) in [5, 5.41) is 0.828. The summed E-state index contributed by atoms with van der Waals surface area (Å²) in [7, 11) is 8.79. The standard InChI is InChI=1S/C30H33N3O4/c1-20-7-11-22(12-8-20)30(34)33(18-21-9-13-24(35-4)14-10-21)19-23-17-25-26(36-5)15-16-27(37-6)28(25)31-29(23)32(2)3/h7-17H,18-19H2,1-6H3. The van der Waals surface area contributed by atoms with E-state index in [9.17, 15) is 4.79 Å². The van der Waals surface area contributed by atoms with Gasteiger partial charge in [-0.2, -0.15) is 0 Å². The highest BCUT2D eigenvalue weighted by molar-refractivity contribution is 5.95. The molecule has 0 atom stereocenters. The van der Waals surface area contributed by atoms with Gasteiger partial charge in [0.15, 0.2) is 0 Å². The average Bonchev–Trinajstić information content (AvgIpc) is 2.92. The fourth-order valence-electron chi connectivity index (χ4n) is 4.32. The maximum atomic E-state index is 13.8. The monoisotopic (exact) mass is 499 g/mol. The normalized spacial score (nSPS) is 10.8. The fraction of sp³-hybridized carbons (Fsp3) is 0.267. The topological polar surface area (TPSA) is 64.1 Å². The Morgan fingerprint density at radius 3 is 2.05 bits per heavy atom. The van der Waals surface area contributed by atoms with Gasteiger partial charge in [0.25, 0.3) is 5.91 Å². The van der Waals surface area contributed by atoms with Crippen molar-refractivity contribution in [3.63, 3.8) is 0 Å². The van der Waals surface area contributed by atoms with Crippen LogP contribution in [0.1, 0.15) is 27.0 Å². The summed E-state index contributed by atoms with van der Waals surface area (Å²) in [6.07, 6.45) is 0. The second kappa shape index (κ2) is 11.2. The zero-order chi connectivity index (χ0) is 26.5. The molecule has 0 radical (unpaired) electrons. The fourth-order valence-corrected chi connectivity index (χ4v) is 4.32. The molecule has 7 nitrogen and oxygen atoms in total. The molecule has 1 heterocycles. The van der Waals surface area contributed by atoms with Crippen LogP contribution in [0, 0.1) is 6.92 Å². The Morgan fingerprint density at radius 2 is 1.46 bits per heavy atom. The van der Waals surface area contributed by atoms with E-state index < -0.39 is 0 Å². The second-order valence-corrected chi connectivity index (χ2v) is 9.11. The Morgan fingerprint density at radius 1 is 0.811 bits per heavy atom. The van der Waals surface area contributed by atoms with Crippen molar-refractivity contribution in [3.05, 3.63) is 89.0 Å². The van der Waals surface area contributed by atoms with Crippen LogP contribution in [0.15, 0.2) is 66.7 Å². The number of hydrogen-bond donors (Lipinski definition) is 0. The number of methoxy groups -OCH3 is 3. The quantitative estimate of drug-likeness (QED) is 0.304. The molecule has 1 aromatic heterocycles. The Balaban J connectivity index is 1.80. The summed E-state index contributed by atoms with van der Waals surface area (Å²) in [4.78, 5) is 22.5. The number of amides is 1. The maximum absolute atomic E-state index is 13.8. The smallest absolute Gasteiger partial charge is 0.254 e. The first-order chi connectivity index (χ1) is 17.8. The molecule has 0 spiro atoms. The van der Waals surface area contributed by atoms with Gasteiger partial charge < -0.3 is 24.0 Å². The lowest BCUT2D eigenvalue weighted by Crippen LogP contribution is -2.31. The van der Waals surface area contributed by atoms with E-state index in [0.717, 1.165) is 33.6 Å². The van der Waals surface area contributed by atoms with Gasteiger partial charge in [-0.15, -0.1) is 0 Å². The summed E-state index contributed by atoms with van der Waals surface area (Å²) in [6, 6.07) is 21.2. The molecule has 192 valence electrons. The zero-order valence-corrected chi connectivity index (χ0v) is 22.2. The zero-order valence-electron chi connectivity index (χ0n) is 22.2. The number of pyridine rings is 1. The Labute approximate surface area is 218 Å². The number of aromatic nitrogens is 1. The van der Waals surface area contributed by atoms with Crippen molar-refractivity contribution >= 4 is 22.6 Å². The van der Waals surface area contributed by atoms with Crippen molar-refractivity contribution in [2.45, 2.75) is 20.0 Å². The lowest BCUT2D eigenvalue weighted by molar-refractivity contribution is 0.0730. The highest BCUT2D eigenvalue weighted by Crippen LogP contribution is 2.35. The van der Waals surface area contributed by atoms with Gasteiger partial charge in [0.2, 0.25) is 0 Å². The first kappa shape index (κ1) is 25.8. The Kier molecular flexibility index (Phi) is 7.82. The molecule has 0 saturated heterocycles. The third-order valence-corrected chi connectivity index (χ3v) is 6.31. The molecule has 4 rings (SSSR count). The summed E-state index contributed by atoms with van der Waals surface area (Å²) in [6.45, 7) is 2.79. The van der Waals surface area contributed by atoms with E-state index in [4.69, 9.17) is 19.2 Å². The van der Waals surface area contributed by atoms with Crippen LogP contribution in [0.25, 0.3) is 10.9 Å². The molecule has 4 aromatic rings. The molecular formula is C30H33N3O4. The van der Waals surface area contributed by atoms with E-state index >= 15 is 0 Å². The molecule has 37 heavy (non-hydrogen) atoms. The SMILES string of the molecule is COc1ccc(CN(Cc2cc3c(OC)ccc(OC)c3nc2N(C)C)C(=O)c2ccc(C)cc2)cc1. The molecule has 0 aliphatic carbocycles. The van der Waals surface area contributed by atoms with Gasteiger partial charge in [-0.25, -0.2) is 4.98 Å². The van der Waals surface area contributed by atoms with Crippen molar-refractivity contribution in [3.8, 4) is 17.2 Å². The highest BCUT2D eigenvalue weighted by Gasteiger charge is 2.22. The van der Waals surface area contributed by atoms with Crippen molar-refractivity contribution in [1.29, 1.82) is 0 Å². The predicted molar refractivity (Wildman–Crippen MR) is 147 cm³/mol. The van der Waals surface area contributed by atoms with Crippen LogP contribution in [-0.2, 0) is 13.1 Å². The molecule has 0 saturated carbocycles. The maximum Gasteiger partial charge on any atom is 0.254 e. The summed E-state index contributed by atoms with van der Waals surface area (Å²) >= 11 is 0. The van der Waals surface area contributed by atoms with Gasteiger partial charge in [0.05, 0.1) is 21.3 Å². The van der Waals surface area contributed by atoms with E-state index in [-0.39, 0.29) is 5.91 Å². The number of carbonyl (C=O) groups is 1. The molecular weight excluding hydrogens is 466 g/mol. The third kappa shape index (κ3) is 5.61. The van der Waals surface area contributed by atoms with Crippen LogP contribution in [0.2, 0.25) is 0 Å². The van der Waals surface area contributed by atoms with Gasteiger partial charge >= 0.3 is 0 Å². The van der Waals surface area contributed by atoms with Crippen molar-refractivity contribution in [2.24, 2.45) is 0 Å². The second-order valence-electron chi connectivity index (χ2n) is 9.11. The van der Waals surface area contributed by atoms with E-state index in [1.807, 2.05) is 97.5 Å².